The van der Waals surface area contributed by atoms with Gasteiger partial charge in [-0.25, -0.2) is 15.0 Å². The number of pyridine rings is 1. The van der Waals surface area contributed by atoms with E-state index in [9.17, 15) is 0 Å². The average Bonchev–Trinajstić information content (AvgIpc) is 2.97. The number of nitrogen functional groups attached to an aromatic ring is 1. The van der Waals surface area contributed by atoms with Gasteiger partial charge in [0, 0.05) is 12.6 Å². The number of hydrogen-bond acceptors (Lipinski definition) is 5. The molecule has 98 valence electrons. The minimum atomic E-state index is 0.424. The summed E-state index contributed by atoms with van der Waals surface area (Å²) in [6, 6.07) is 1.92. The van der Waals surface area contributed by atoms with Crippen molar-refractivity contribution < 1.29 is 4.42 Å². The molecule has 0 fully saturated rings. The lowest BCUT2D eigenvalue weighted by Crippen LogP contribution is -2.05. The molecule has 3 heterocycles. The molecule has 3 rings (SSSR count). The van der Waals surface area contributed by atoms with E-state index in [-0.39, 0.29) is 0 Å². The minimum Gasteiger partial charge on any atom is -0.444 e. The molecular weight excluding hydrogens is 242 g/mol. The Hall–Kier alpha value is -2.37. The van der Waals surface area contributed by atoms with Gasteiger partial charge < -0.3 is 10.2 Å². The van der Waals surface area contributed by atoms with Crippen molar-refractivity contribution in [2.45, 2.75) is 26.8 Å². The topological polar surface area (TPSA) is 82.8 Å². The van der Waals surface area contributed by atoms with Crippen LogP contribution in [0.3, 0.4) is 0 Å². The van der Waals surface area contributed by atoms with E-state index in [1.807, 2.05) is 24.5 Å². The Morgan fingerprint density at radius 1 is 1.37 bits per heavy atom. The zero-order valence-electron chi connectivity index (χ0n) is 10.9. The Kier molecular flexibility index (Phi) is 2.70. The number of imidazole rings is 1. The van der Waals surface area contributed by atoms with Gasteiger partial charge in [-0.1, -0.05) is 6.92 Å². The first-order valence-electron chi connectivity index (χ1n) is 6.20. The third-order valence-electron chi connectivity index (χ3n) is 3.11. The summed E-state index contributed by atoms with van der Waals surface area (Å²) in [6.45, 7) is 4.45. The van der Waals surface area contributed by atoms with Crippen molar-refractivity contribution in [3.63, 3.8) is 0 Å². The molecule has 6 nitrogen and oxygen atoms in total. The van der Waals surface area contributed by atoms with Crippen molar-refractivity contribution >= 4 is 17.1 Å². The van der Waals surface area contributed by atoms with Crippen molar-refractivity contribution in [3.8, 4) is 0 Å². The van der Waals surface area contributed by atoms with Crippen molar-refractivity contribution in [3.05, 3.63) is 35.7 Å². The monoisotopic (exact) mass is 257 g/mol. The van der Waals surface area contributed by atoms with Crippen molar-refractivity contribution in [1.82, 2.24) is 19.5 Å². The lowest BCUT2D eigenvalue weighted by molar-refractivity contribution is 0.449. The molecular formula is C13H15N5O. The number of nitrogens with zero attached hydrogens (tertiary/aromatic N) is 4. The molecule has 0 unspecified atom stereocenters. The Morgan fingerprint density at radius 2 is 2.21 bits per heavy atom. The molecule has 0 aliphatic rings. The van der Waals surface area contributed by atoms with Gasteiger partial charge in [0.1, 0.15) is 17.8 Å². The van der Waals surface area contributed by atoms with E-state index in [1.165, 1.54) is 0 Å². The third-order valence-corrected chi connectivity index (χ3v) is 3.11. The standard InChI is InChI=1S/C13H15N5O/c1-3-9-6-16-10(19-9)7-18-12-11(17-13(18)14)8(2)4-5-15-12/h4-6H,3,7H2,1-2H3,(H2,14,17). The number of nitrogens with two attached hydrogens (primary N) is 1. The molecule has 19 heavy (non-hydrogen) atoms. The number of rotatable bonds is 3. The Bertz CT molecular complexity index is 728. The van der Waals surface area contributed by atoms with Crippen molar-refractivity contribution in [1.29, 1.82) is 0 Å². The largest absolute Gasteiger partial charge is 0.444 e. The normalized spacial score (nSPS) is 11.3. The highest BCUT2D eigenvalue weighted by Crippen LogP contribution is 2.20. The van der Waals surface area contributed by atoms with E-state index in [1.54, 1.807) is 12.4 Å². The number of fused-ring (bicyclic) bond motifs is 1. The van der Waals surface area contributed by atoms with Gasteiger partial charge in [-0.05, 0) is 18.6 Å². The van der Waals surface area contributed by atoms with E-state index in [4.69, 9.17) is 10.2 Å². The highest BCUT2D eigenvalue weighted by Gasteiger charge is 2.13. The first kappa shape index (κ1) is 11.7. The summed E-state index contributed by atoms with van der Waals surface area (Å²) in [5, 5.41) is 0. The molecule has 3 aromatic heterocycles. The Morgan fingerprint density at radius 3 is 2.95 bits per heavy atom. The fraction of sp³-hybridized carbons (Fsp3) is 0.308. The first-order valence-corrected chi connectivity index (χ1v) is 6.20. The molecule has 0 aromatic carbocycles. The summed E-state index contributed by atoms with van der Waals surface area (Å²) in [6.07, 6.45) is 4.32. The smallest absolute Gasteiger partial charge is 0.214 e. The Labute approximate surface area is 110 Å². The van der Waals surface area contributed by atoms with Crippen LogP contribution in [0.4, 0.5) is 5.95 Å². The number of aromatic nitrogens is 4. The van der Waals surface area contributed by atoms with E-state index in [0.717, 1.165) is 28.9 Å². The van der Waals surface area contributed by atoms with Gasteiger partial charge in [0.15, 0.2) is 5.65 Å². The summed E-state index contributed by atoms with van der Waals surface area (Å²) in [7, 11) is 0. The summed E-state index contributed by atoms with van der Waals surface area (Å²) >= 11 is 0. The van der Waals surface area contributed by atoms with Crippen LogP contribution in [0, 0.1) is 6.92 Å². The summed E-state index contributed by atoms with van der Waals surface area (Å²) in [5.41, 5.74) is 8.58. The molecule has 0 saturated heterocycles. The molecule has 0 aliphatic heterocycles. The Balaban J connectivity index is 2.05. The summed E-state index contributed by atoms with van der Waals surface area (Å²) < 4.78 is 7.41. The fourth-order valence-electron chi connectivity index (χ4n) is 2.03. The van der Waals surface area contributed by atoms with Gasteiger partial charge in [-0.2, -0.15) is 0 Å². The maximum absolute atomic E-state index is 5.95. The predicted molar refractivity (Wildman–Crippen MR) is 71.7 cm³/mol. The maximum atomic E-state index is 5.95. The van der Waals surface area contributed by atoms with E-state index in [0.29, 0.717) is 18.4 Å². The van der Waals surface area contributed by atoms with Crippen molar-refractivity contribution in [2.24, 2.45) is 0 Å². The third kappa shape index (κ3) is 1.95. The van der Waals surface area contributed by atoms with Crippen LogP contribution in [0.25, 0.3) is 11.2 Å². The number of hydrogen-bond donors (Lipinski definition) is 1. The van der Waals surface area contributed by atoms with Gasteiger partial charge in [0.2, 0.25) is 11.8 Å². The second-order valence-electron chi connectivity index (χ2n) is 4.43. The molecule has 3 aromatic rings. The second-order valence-corrected chi connectivity index (χ2v) is 4.43. The van der Waals surface area contributed by atoms with Gasteiger partial charge in [0.05, 0.1) is 6.20 Å². The number of anilines is 1. The molecule has 0 atom stereocenters. The van der Waals surface area contributed by atoms with E-state index < -0.39 is 0 Å². The molecule has 0 bridgehead atoms. The van der Waals surface area contributed by atoms with Crippen LogP contribution in [0.15, 0.2) is 22.9 Å². The second kappa shape index (κ2) is 4.38. The van der Waals surface area contributed by atoms with Crippen LogP contribution >= 0.6 is 0 Å². The zero-order valence-corrected chi connectivity index (χ0v) is 10.9. The quantitative estimate of drug-likeness (QED) is 0.775. The van der Waals surface area contributed by atoms with Crippen molar-refractivity contribution in [2.75, 3.05) is 5.73 Å². The van der Waals surface area contributed by atoms with E-state index >= 15 is 0 Å². The van der Waals surface area contributed by atoms with Crippen LogP contribution < -0.4 is 5.73 Å². The van der Waals surface area contributed by atoms with Gasteiger partial charge in [-0.3, -0.25) is 4.57 Å². The van der Waals surface area contributed by atoms with Gasteiger partial charge >= 0.3 is 0 Å². The van der Waals surface area contributed by atoms with Crippen LogP contribution in [0.5, 0.6) is 0 Å². The van der Waals surface area contributed by atoms with Crippen LogP contribution in [-0.2, 0) is 13.0 Å². The SMILES string of the molecule is CCc1cnc(Cn2c(N)nc3c(C)ccnc32)o1. The van der Waals surface area contributed by atoms with Gasteiger partial charge in [-0.15, -0.1) is 0 Å². The molecule has 0 amide bonds. The first-order chi connectivity index (χ1) is 9.19. The highest BCUT2D eigenvalue weighted by molar-refractivity contribution is 5.77. The lowest BCUT2D eigenvalue weighted by atomic mass is 10.3. The maximum Gasteiger partial charge on any atom is 0.214 e. The molecule has 0 aliphatic carbocycles. The average molecular weight is 257 g/mol. The summed E-state index contributed by atoms with van der Waals surface area (Å²) in [4.78, 5) is 12.9. The fourth-order valence-corrected chi connectivity index (χ4v) is 2.03. The molecule has 0 spiro atoms. The summed E-state index contributed by atoms with van der Waals surface area (Å²) in [5.74, 6) is 1.90. The molecule has 0 radical (unpaired) electrons. The highest BCUT2D eigenvalue weighted by atomic mass is 16.4. The minimum absolute atomic E-state index is 0.424. The number of aryl methyl sites for hydroxylation is 2. The molecule has 0 saturated carbocycles. The molecule has 6 heteroatoms. The molecule has 2 N–H and O–H groups in total. The van der Waals surface area contributed by atoms with Crippen LogP contribution in [0.1, 0.15) is 24.1 Å². The van der Waals surface area contributed by atoms with Crippen LogP contribution in [0.2, 0.25) is 0 Å². The lowest BCUT2D eigenvalue weighted by Gasteiger charge is -2.02. The number of oxazole rings is 1. The van der Waals surface area contributed by atoms with E-state index in [2.05, 4.69) is 15.0 Å². The predicted octanol–water partition coefficient (Wildman–Crippen LogP) is 1.92. The van der Waals surface area contributed by atoms with Gasteiger partial charge in [0.25, 0.3) is 0 Å². The van der Waals surface area contributed by atoms with Crippen LogP contribution in [-0.4, -0.2) is 19.5 Å². The zero-order chi connectivity index (χ0) is 13.4.